The topological polar surface area (TPSA) is 32.3 Å². The monoisotopic (exact) mass is 299 g/mol. The minimum absolute atomic E-state index is 0.133. The maximum atomic E-state index is 12.8. The van der Waals surface area contributed by atoms with Crippen molar-refractivity contribution in [1.82, 2.24) is 5.32 Å². The molecule has 0 aliphatic heterocycles. The van der Waals surface area contributed by atoms with Crippen molar-refractivity contribution < 1.29 is 9.50 Å². The minimum Gasteiger partial charge on any atom is -0.387 e. The van der Waals surface area contributed by atoms with E-state index in [4.69, 9.17) is 11.6 Å². The van der Waals surface area contributed by atoms with Crippen molar-refractivity contribution in [2.45, 2.75) is 25.6 Å². The van der Waals surface area contributed by atoms with Crippen LogP contribution in [0.2, 0.25) is 4.34 Å². The molecule has 0 bridgehead atoms. The van der Waals surface area contributed by atoms with Gasteiger partial charge in [-0.05, 0) is 36.8 Å². The van der Waals surface area contributed by atoms with E-state index in [1.165, 1.54) is 23.5 Å². The summed E-state index contributed by atoms with van der Waals surface area (Å²) in [6.07, 6.45) is -0.670. The molecule has 0 saturated carbocycles. The number of rotatable bonds is 5. The highest BCUT2D eigenvalue weighted by atomic mass is 35.5. The Morgan fingerprint density at radius 2 is 1.95 bits per heavy atom. The lowest BCUT2D eigenvalue weighted by atomic mass is 10.0. The second-order valence-corrected chi connectivity index (χ2v) is 6.17. The van der Waals surface area contributed by atoms with E-state index in [0.717, 1.165) is 9.21 Å². The summed E-state index contributed by atoms with van der Waals surface area (Å²) in [7, 11) is 0. The zero-order chi connectivity index (χ0) is 13.8. The zero-order valence-corrected chi connectivity index (χ0v) is 12.0. The fourth-order valence-electron chi connectivity index (χ4n) is 1.77. The fourth-order valence-corrected chi connectivity index (χ4v) is 2.81. The van der Waals surface area contributed by atoms with Crippen LogP contribution in [0.15, 0.2) is 36.4 Å². The van der Waals surface area contributed by atoms with Gasteiger partial charge in [0.1, 0.15) is 5.82 Å². The van der Waals surface area contributed by atoms with E-state index in [0.29, 0.717) is 12.1 Å². The number of aliphatic hydroxyl groups excluding tert-OH is 1. The lowest BCUT2D eigenvalue weighted by Crippen LogP contribution is -2.31. The van der Waals surface area contributed by atoms with Crippen LogP contribution in [0.1, 0.15) is 23.5 Å². The third-order valence-electron chi connectivity index (χ3n) is 2.91. The molecule has 2 N–H and O–H groups in total. The molecule has 1 aromatic heterocycles. The van der Waals surface area contributed by atoms with Crippen LogP contribution in [0.25, 0.3) is 0 Å². The van der Waals surface area contributed by atoms with E-state index < -0.39 is 6.10 Å². The lowest BCUT2D eigenvalue weighted by Gasteiger charge is -2.20. The van der Waals surface area contributed by atoms with Gasteiger partial charge in [-0.25, -0.2) is 4.39 Å². The fraction of sp³-hybridized carbons (Fsp3) is 0.286. The minimum atomic E-state index is -0.670. The van der Waals surface area contributed by atoms with Crippen molar-refractivity contribution in [3.05, 3.63) is 57.0 Å². The van der Waals surface area contributed by atoms with E-state index in [9.17, 15) is 9.50 Å². The molecule has 2 aromatic rings. The molecule has 0 aliphatic rings. The Morgan fingerprint density at radius 3 is 2.53 bits per heavy atom. The summed E-state index contributed by atoms with van der Waals surface area (Å²) < 4.78 is 13.6. The molecule has 2 unspecified atom stereocenters. The molecule has 2 atom stereocenters. The van der Waals surface area contributed by atoms with Gasteiger partial charge in [0.25, 0.3) is 0 Å². The average molecular weight is 300 g/mol. The molecule has 0 saturated heterocycles. The molecule has 5 heteroatoms. The summed E-state index contributed by atoms with van der Waals surface area (Å²) in [4.78, 5) is 1.11. The summed E-state index contributed by atoms with van der Waals surface area (Å²) in [5.41, 5.74) is 0.700. The zero-order valence-electron chi connectivity index (χ0n) is 10.4. The van der Waals surface area contributed by atoms with Gasteiger partial charge in [-0.1, -0.05) is 23.7 Å². The van der Waals surface area contributed by atoms with Crippen LogP contribution in [0, 0.1) is 5.82 Å². The Morgan fingerprint density at radius 1 is 1.26 bits per heavy atom. The van der Waals surface area contributed by atoms with Gasteiger partial charge in [0.05, 0.1) is 10.4 Å². The predicted octanol–water partition coefficient (Wildman–Crippen LogP) is 3.75. The van der Waals surface area contributed by atoms with Gasteiger partial charge in [-0.2, -0.15) is 0 Å². The Labute approximate surface area is 120 Å². The quantitative estimate of drug-likeness (QED) is 0.881. The van der Waals surface area contributed by atoms with Crippen LogP contribution in [-0.4, -0.2) is 11.1 Å². The van der Waals surface area contributed by atoms with Gasteiger partial charge in [-0.3, -0.25) is 0 Å². The van der Waals surface area contributed by atoms with Gasteiger partial charge in [0.15, 0.2) is 0 Å². The van der Waals surface area contributed by atoms with E-state index >= 15 is 0 Å². The van der Waals surface area contributed by atoms with Gasteiger partial charge >= 0.3 is 0 Å². The van der Waals surface area contributed by atoms with Gasteiger partial charge in [0.2, 0.25) is 0 Å². The SMILES string of the molecule is CC(NCc1ccc(Cl)s1)C(O)c1ccc(F)cc1. The third kappa shape index (κ3) is 4.01. The van der Waals surface area contributed by atoms with Crippen LogP contribution < -0.4 is 5.32 Å². The number of thiophene rings is 1. The molecule has 0 radical (unpaired) electrons. The molecule has 0 spiro atoms. The van der Waals surface area contributed by atoms with Crippen LogP contribution in [0.3, 0.4) is 0 Å². The van der Waals surface area contributed by atoms with E-state index in [-0.39, 0.29) is 11.9 Å². The first-order valence-electron chi connectivity index (χ1n) is 5.97. The molecule has 2 rings (SSSR count). The van der Waals surface area contributed by atoms with Gasteiger partial charge < -0.3 is 10.4 Å². The van der Waals surface area contributed by atoms with Crippen LogP contribution >= 0.6 is 22.9 Å². The number of nitrogens with one attached hydrogen (secondary N) is 1. The van der Waals surface area contributed by atoms with E-state index in [1.807, 2.05) is 19.1 Å². The Bertz CT molecular complexity index is 528. The first-order chi connectivity index (χ1) is 9.06. The number of aliphatic hydroxyl groups is 1. The molecule has 0 amide bonds. The Kier molecular flexibility index (Phi) is 4.93. The number of benzene rings is 1. The second kappa shape index (κ2) is 6.48. The largest absolute Gasteiger partial charge is 0.387 e. The summed E-state index contributed by atoms with van der Waals surface area (Å²) in [5.74, 6) is -0.301. The average Bonchev–Trinajstić information content (AvgIpc) is 2.82. The molecule has 1 aromatic carbocycles. The molecule has 19 heavy (non-hydrogen) atoms. The van der Waals surface area contributed by atoms with Gasteiger partial charge in [0, 0.05) is 17.5 Å². The second-order valence-electron chi connectivity index (χ2n) is 4.37. The Hall–Kier alpha value is -0.940. The lowest BCUT2D eigenvalue weighted by molar-refractivity contribution is 0.135. The molecular formula is C14H15ClFNOS. The summed E-state index contributed by atoms with van der Waals surface area (Å²) in [5, 5.41) is 13.4. The molecule has 1 heterocycles. The summed E-state index contributed by atoms with van der Waals surface area (Å²) in [6, 6.07) is 9.57. The molecule has 102 valence electrons. The van der Waals surface area contributed by atoms with Crippen molar-refractivity contribution in [3.63, 3.8) is 0 Å². The summed E-state index contributed by atoms with van der Waals surface area (Å²) in [6.45, 7) is 2.54. The molecule has 0 fully saturated rings. The summed E-state index contributed by atoms with van der Waals surface area (Å²) >= 11 is 7.37. The standard InChI is InChI=1S/C14H15ClFNOS/c1-9(17-8-12-6-7-13(15)19-12)14(18)10-2-4-11(16)5-3-10/h2-7,9,14,17-18H,8H2,1H3. The van der Waals surface area contributed by atoms with Crippen molar-refractivity contribution in [2.75, 3.05) is 0 Å². The maximum Gasteiger partial charge on any atom is 0.123 e. The van der Waals surface area contributed by atoms with Crippen molar-refractivity contribution in [3.8, 4) is 0 Å². The smallest absolute Gasteiger partial charge is 0.123 e. The maximum absolute atomic E-state index is 12.8. The number of halogens is 2. The van der Waals surface area contributed by atoms with Crippen molar-refractivity contribution in [1.29, 1.82) is 0 Å². The van der Waals surface area contributed by atoms with E-state index in [1.54, 1.807) is 12.1 Å². The van der Waals surface area contributed by atoms with Crippen molar-refractivity contribution in [2.24, 2.45) is 0 Å². The number of hydrogen-bond acceptors (Lipinski definition) is 3. The third-order valence-corrected chi connectivity index (χ3v) is 4.14. The first kappa shape index (κ1) is 14.5. The highest BCUT2D eigenvalue weighted by Gasteiger charge is 2.16. The first-order valence-corrected chi connectivity index (χ1v) is 7.17. The Balaban J connectivity index is 1.92. The molecule has 0 aliphatic carbocycles. The predicted molar refractivity (Wildman–Crippen MR) is 77.0 cm³/mol. The van der Waals surface area contributed by atoms with Gasteiger partial charge in [-0.15, -0.1) is 11.3 Å². The van der Waals surface area contributed by atoms with Crippen LogP contribution in [0.5, 0.6) is 0 Å². The highest BCUT2D eigenvalue weighted by Crippen LogP contribution is 2.22. The van der Waals surface area contributed by atoms with Crippen molar-refractivity contribution >= 4 is 22.9 Å². The number of hydrogen-bond donors (Lipinski definition) is 2. The van der Waals surface area contributed by atoms with E-state index in [2.05, 4.69) is 5.32 Å². The van der Waals surface area contributed by atoms with Crippen LogP contribution in [0.4, 0.5) is 4.39 Å². The molecule has 2 nitrogen and oxygen atoms in total. The van der Waals surface area contributed by atoms with Crippen LogP contribution in [-0.2, 0) is 6.54 Å². The highest BCUT2D eigenvalue weighted by molar-refractivity contribution is 7.16. The molecular weight excluding hydrogens is 285 g/mol. The normalized spacial score (nSPS) is 14.3.